The predicted molar refractivity (Wildman–Crippen MR) is 111 cm³/mol. The molecule has 4 atom stereocenters. The van der Waals surface area contributed by atoms with Crippen molar-refractivity contribution >= 4 is 34.1 Å². The number of carbonyl (C=O) groups is 1. The van der Waals surface area contributed by atoms with Gasteiger partial charge in [0.1, 0.15) is 5.82 Å². The van der Waals surface area contributed by atoms with Gasteiger partial charge in [-0.3, -0.25) is 4.79 Å². The number of halogens is 1. The van der Waals surface area contributed by atoms with Gasteiger partial charge in [-0.25, -0.2) is 4.98 Å². The van der Waals surface area contributed by atoms with E-state index in [9.17, 15) is 4.79 Å². The second kappa shape index (κ2) is 6.66. The van der Waals surface area contributed by atoms with Crippen LogP contribution in [0.15, 0.2) is 24.4 Å². The Morgan fingerprint density at radius 1 is 1.10 bits per heavy atom. The van der Waals surface area contributed by atoms with Crippen molar-refractivity contribution in [2.75, 3.05) is 31.7 Å². The SMILES string of the molecule is O=C(Nc1cc2cc(C3[C@H]4CCOC[C@@H]34)c(Cl)cc2cn1)[C@@H]1CC12CCOCC2. The molecular formula is C23H25ClN2O3. The van der Waals surface area contributed by atoms with Gasteiger partial charge in [-0.15, -0.1) is 0 Å². The molecule has 1 spiro atoms. The summed E-state index contributed by atoms with van der Waals surface area (Å²) in [5, 5.41) is 5.95. The van der Waals surface area contributed by atoms with Crippen LogP contribution in [0.5, 0.6) is 0 Å². The lowest BCUT2D eigenvalue weighted by atomic mass is 9.93. The van der Waals surface area contributed by atoms with Crippen LogP contribution in [0.1, 0.15) is 37.2 Å². The highest BCUT2D eigenvalue weighted by molar-refractivity contribution is 6.32. The number of benzene rings is 1. The molecule has 6 heteroatoms. The van der Waals surface area contributed by atoms with Gasteiger partial charge >= 0.3 is 0 Å². The van der Waals surface area contributed by atoms with Crippen LogP contribution in [0.4, 0.5) is 5.82 Å². The van der Waals surface area contributed by atoms with Gasteiger partial charge in [0.05, 0.1) is 6.61 Å². The minimum atomic E-state index is 0.0956. The van der Waals surface area contributed by atoms with Gasteiger partial charge in [0.2, 0.25) is 5.91 Å². The molecule has 2 aliphatic heterocycles. The number of aromatic nitrogens is 1. The zero-order chi connectivity index (χ0) is 19.6. The molecule has 3 heterocycles. The van der Waals surface area contributed by atoms with Gasteiger partial charge in [0.25, 0.3) is 0 Å². The summed E-state index contributed by atoms with van der Waals surface area (Å²) in [6.07, 6.45) is 5.88. The molecule has 29 heavy (non-hydrogen) atoms. The van der Waals surface area contributed by atoms with Crippen molar-refractivity contribution in [2.45, 2.75) is 31.6 Å². The normalized spacial score (nSPS) is 32.0. The number of rotatable bonds is 3. The van der Waals surface area contributed by atoms with E-state index in [-0.39, 0.29) is 17.2 Å². The van der Waals surface area contributed by atoms with Crippen LogP contribution in [-0.2, 0) is 14.3 Å². The maximum atomic E-state index is 12.8. The molecule has 152 valence electrons. The minimum absolute atomic E-state index is 0.0956. The number of nitrogens with zero attached hydrogens (tertiary/aromatic N) is 1. The summed E-state index contributed by atoms with van der Waals surface area (Å²) in [5.74, 6) is 2.62. The van der Waals surface area contributed by atoms with Crippen molar-refractivity contribution < 1.29 is 14.3 Å². The Kier molecular flexibility index (Phi) is 4.16. The number of carbonyl (C=O) groups excluding carboxylic acids is 1. The molecule has 2 aromatic rings. The van der Waals surface area contributed by atoms with Crippen LogP contribution >= 0.6 is 11.6 Å². The van der Waals surface area contributed by atoms with E-state index in [1.807, 2.05) is 12.1 Å². The summed E-state index contributed by atoms with van der Waals surface area (Å²) in [4.78, 5) is 17.2. The fraction of sp³-hybridized carbons (Fsp3) is 0.565. The Bertz CT molecular complexity index is 975. The number of ether oxygens (including phenoxy) is 2. The summed E-state index contributed by atoms with van der Waals surface area (Å²) >= 11 is 6.61. The maximum Gasteiger partial charge on any atom is 0.229 e. The van der Waals surface area contributed by atoms with E-state index in [4.69, 9.17) is 21.1 Å². The van der Waals surface area contributed by atoms with Crippen molar-refractivity contribution in [3.8, 4) is 0 Å². The molecule has 6 rings (SSSR count). The van der Waals surface area contributed by atoms with Crippen molar-refractivity contribution in [1.82, 2.24) is 4.98 Å². The monoisotopic (exact) mass is 412 g/mol. The zero-order valence-electron chi connectivity index (χ0n) is 16.3. The van der Waals surface area contributed by atoms with E-state index in [1.165, 1.54) is 5.56 Å². The van der Waals surface area contributed by atoms with Gasteiger partial charge in [-0.05, 0) is 78.0 Å². The number of nitrogens with one attached hydrogen (secondary N) is 1. The first-order chi connectivity index (χ1) is 14.1. The third kappa shape index (κ3) is 3.06. The Morgan fingerprint density at radius 2 is 1.97 bits per heavy atom. The molecule has 1 amide bonds. The quantitative estimate of drug-likeness (QED) is 0.812. The Balaban J connectivity index is 1.23. The highest BCUT2D eigenvalue weighted by Crippen LogP contribution is 2.60. The number of hydrogen-bond donors (Lipinski definition) is 1. The van der Waals surface area contributed by atoms with Crippen LogP contribution < -0.4 is 5.32 Å². The summed E-state index contributed by atoms with van der Waals surface area (Å²) in [7, 11) is 0. The predicted octanol–water partition coefficient (Wildman–Crippen LogP) is 4.39. The lowest BCUT2D eigenvalue weighted by Gasteiger charge is -2.22. The van der Waals surface area contributed by atoms with Gasteiger partial charge in [0.15, 0.2) is 0 Å². The van der Waals surface area contributed by atoms with E-state index in [0.29, 0.717) is 23.6 Å². The minimum Gasteiger partial charge on any atom is -0.381 e. The number of pyridine rings is 1. The number of fused-ring (bicyclic) bond motifs is 2. The fourth-order valence-corrected chi connectivity index (χ4v) is 6.03. The van der Waals surface area contributed by atoms with Gasteiger partial charge < -0.3 is 14.8 Å². The van der Waals surface area contributed by atoms with E-state index in [1.54, 1.807) is 6.20 Å². The lowest BCUT2D eigenvalue weighted by Crippen LogP contribution is -2.24. The Hall–Kier alpha value is -1.69. The average molecular weight is 413 g/mol. The van der Waals surface area contributed by atoms with E-state index < -0.39 is 0 Å². The topological polar surface area (TPSA) is 60.5 Å². The lowest BCUT2D eigenvalue weighted by molar-refractivity contribution is -0.118. The molecule has 2 aliphatic carbocycles. The number of anilines is 1. The third-order valence-corrected chi connectivity index (χ3v) is 8.01. The second-order valence-electron chi connectivity index (χ2n) is 9.23. The highest BCUT2D eigenvalue weighted by Gasteiger charge is 2.58. The smallest absolute Gasteiger partial charge is 0.229 e. The number of hydrogen-bond acceptors (Lipinski definition) is 4. The molecule has 4 fully saturated rings. The van der Waals surface area contributed by atoms with Crippen LogP contribution in [0, 0.1) is 23.2 Å². The number of amides is 1. The molecule has 0 bridgehead atoms. The van der Waals surface area contributed by atoms with Crippen LogP contribution in [0.25, 0.3) is 10.8 Å². The first-order valence-corrected chi connectivity index (χ1v) is 11.1. The summed E-state index contributed by atoms with van der Waals surface area (Å²) < 4.78 is 11.1. The standard InChI is InChI=1S/C23H25ClN2O3/c24-19-8-14-11-25-20(26-22(27)18-10-23(18)2-5-28-6-3-23)9-13(14)7-16(19)21-15-1-4-29-12-17(15)21/h7-9,11,15,17-18,21H,1-6,10,12H2,(H,25,26,27)/t15-,17+,18-,21?/m0/s1. The molecule has 2 saturated heterocycles. The van der Waals surface area contributed by atoms with Crippen molar-refractivity contribution in [3.05, 3.63) is 35.0 Å². The first-order valence-electron chi connectivity index (χ1n) is 10.7. The van der Waals surface area contributed by atoms with Crippen molar-refractivity contribution in [2.24, 2.45) is 23.2 Å². The van der Waals surface area contributed by atoms with Crippen LogP contribution in [-0.4, -0.2) is 37.3 Å². The summed E-state index contributed by atoms with van der Waals surface area (Å²) in [6, 6.07) is 6.18. The van der Waals surface area contributed by atoms with Crippen molar-refractivity contribution in [3.63, 3.8) is 0 Å². The maximum absolute atomic E-state index is 12.8. The molecule has 5 nitrogen and oxygen atoms in total. The van der Waals surface area contributed by atoms with Gasteiger partial charge in [-0.2, -0.15) is 0 Å². The first kappa shape index (κ1) is 18.1. The largest absolute Gasteiger partial charge is 0.381 e. The third-order valence-electron chi connectivity index (χ3n) is 7.68. The van der Waals surface area contributed by atoms with Crippen molar-refractivity contribution in [1.29, 1.82) is 0 Å². The molecule has 1 aromatic heterocycles. The van der Waals surface area contributed by atoms with Gasteiger partial charge in [-0.1, -0.05) is 11.6 Å². The molecule has 1 unspecified atom stereocenters. The van der Waals surface area contributed by atoms with Crippen LogP contribution in [0.3, 0.4) is 0 Å². The summed E-state index contributed by atoms with van der Waals surface area (Å²) in [6.45, 7) is 3.25. The molecule has 2 saturated carbocycles. The zero-order valence-corrected chi connectivity index (χ0v) is 17.1. The molecular weight excluding hydrogens is 388 g/mol. The Morgan fingerprint density at radius 3 is 2.76 bits per heavy atom. The molecule has 4 aliphatic rings. The van der Waals surface area contributed by atoms with E-state index in [2.05, 4.69) is 16.4 Å². The van der Waals surface area contributed by atoms with Crippen LogP contribution in [0.2, 0.25) is 5.02 Å². The summed E-state index contributed by atoms with van der Waals surface area (Å²) in [5.41, 5.74) is 1.39. The highest BCUT2D eigenvalue weighted by atomic mass is 35.5. The fourth-order valence-electron chi connectivity index (χ4n) is 5.74. The van der Waals surface area contributed by atoms with Gasteiger partial charge in [0, 0.05) is 42.3 Å². The van der Waals surface area contributed by atoms with E-state index >= 15 is 0 Å². The Labute approximate surface area is 175 Å². The molecule has 1 aromatic carbocycles. The molecule has 0 radical (unpaired) electrons. The second-order valence-corrected chi connectivity index (χ2v) is 9.64. The molecule has 1 N–H and O–H groups in total. The average Bonchev–Trinajstić information content (AvgIpc) is 3.63. The van der Waals surface area contributed by atoms with E-state index in [0.717, 1.165) is 67.9 Å².